The zero-order chi connectivity index (χ0) is 15.1. The van der Waals surface area contributed by atoms with Gasteiger partial charge in [-0.25, -0.2) is 9.97 Å². The lowest BCUT2D eigenvalue weighted by molar-refractivity contribution is 0.501. The van der Waals surface area contributed by atoms with Gasteiger partial charge in [0.1, 0.15) is 18.0 Å². The van der Waals surface area contributed by atoms with Gasteiger partial charge in [-0.15, -0.1) is 0 Å². The molecule has 0 radical (unpaired) electrons. The number of anilines is 2. The van der Waals surface area contributed by atoms with Crippen LogP contribution < -0.4 is 10.6 Å². The molecule has 0 aliphatic heterocycles. The molecule has 2 unspecified atom stereocenters. The lowest BCUT2D eigenvalue weighted by atomic mass is 10.0. The first kappa shape index (κ1) is 16.1. The Bertz CT molecular complexity index is 433. The molecule has 2 N–H and O–H groups in total. The summed E-state index contributed by atoms with van der Waals surface area (Å²) in [6.45, 7) is 7.59. The Morgan fingerprint density at radius 2 is 1.90 bits per heavy atom. The SMILES string of the molecule is CCCc1c(NCC)ncnc1NC1CCCC(C)CC1. The molecule has 1 aliphatic rings. The van der Waals surface area contributed by atoms with Crippen LogP contribution in [0.25, 0.3) is 0 Å². The van der Waals surface area contributed by atoms with E-state index in [1.54, 1.807) is 6.33 Å². The van der Waals surface area contributed by atoms with Crippen molar-refractivity contribution in [3.05, 3.63) is 11.9 Å². The summed E-state index contributed by atoms with van der Waals surface area (Å²) in [5.74, 6) is 2.91. The molecule has 1 fully saturated rings. The number of nitrogens with zero attached hydrogens (tertiary/aromatic N) is 2. The van der Waals surface area contributed by atoms with Crippen molar-refractivity contribution in [1.29, 1.82) is 0 Å². The molecule has 21 heavy (non-hydrogen) atoms. The van der Waals surface area contributed by atoms with E-state index in [-0.39, 0.29) is 0 Å². The minimum absolute atomic E-state index is 0.565. The fourth-order valence-corrected chi connectivity index (χ4v) is 3.17. The van der Waals surface area contributed by atoms with E-state index in [0.29, 0.717) is 6.04 Å². The average Bonchev–Trinajstić information content (AvgIpc) is 2.67. The molecule has 2 rings (SSSR count). The van der Waals surface area contributed by atoms with Crippen LogP contribution in [0.5, 0.6) is 0 Å². The van der Waals surface area contributed by atoms with Crippen LogP contribution in [0.3, 0.4) is 0 Å². The smallest absolute Gasteiger partial charge is 0.134 e. The Labute approximate surface area is 129 Å². The van der Waals surface area contributed by atoms with Gasteiger partial charge in [-0.05, 0) is 38.5 Å². The first-order chi connectivity index (χ1) is 10.2. The van der Waals surface area contributed by atoms with Crippen LogP contribution in [0.4, 0.5) is 11.6 Å². The highest BCUT2D eigenvalue weighted by Crippen LogP contribution is 2.27. The van der Waals surface area contributed by atoms with Crippen molar-refractivity contribution in [2.75, 3.05) is 17.2 Å². The Hall–Kier alpha value is -1.32. The summed E-state index contributed by atoms with van der Waals surface area (Å²) in [5.41, 5.74) is 1.25. The maximum absolute atomic E-state index is 4.52. The Morgan fingerprint density at radius 1 is 1.10 bits per heavy atom. The highest BCUT2D eigenvalue weighted by atomic mass is 15.1. The predicted molar refractivity (Wildman–Crippen MR) is 89.9 cm³/mol. The van der Waals surface area contributed by atoms with Crippen LogP contribution in [0.1, 0.15) is 64.9 Å². The third-order valence-electron chi connectivity index (χ3n) is 4.39. The standard InChI is InChI=1S/C17H30N4/c1-4-7-15-16(18-5-2)19-12-20-17(15)21-14-9-6-8-13(3)10-11-14/h12-14H,4-11H2,1-3H3,(H2,18,19,20,21). The highest BCUT2D eigenvalue weighted by Gasteiger charge is 2.18. The molecule has 4 nitrogen and oxygen atoms in total. The first-order valence-electron chi connectivity index (χ1n) is 8.58. The number of hydrogen-bond donors (Lipinski definition) is 2. The minimum atomic E-state index is 0.565. The molecule has 118 valence electrons. The van der Waals surface area contributed by atoms with Crippen molar-refractivity contribution in [1.82, 2.24) is 9.97 Å². The van der Waals surface area contributed by atoms with Gasteiger partial charge in [0.2, 0.25) is 0 Å². The number of rotatable bonds is 6. The lowest BCUT2D eigenvalue weighted by Gasteiger charge is -2.20. The van der Waals surface area contributed by atoms with Crippen molar-refractivity contribution < 1.29 is 0 Å². The van der Waals surface area contributed by atoms with Crippen molar-refractivity contribution in [2.24, 2.45) is 5.92 Å². The van der Waals surface area contributed by atoms with Gasteiger partial charge in [0.25, 0.3) is 0 Å². The van der Waals surface area contributed by atoms with Gasteiger partial charge in [-0.2, -0.15) is 0 Å². The molecule has 0 amide bonds. The van der Waals surface area contributed by atoms with Crippen LogP contribution in [0.2, 0.25) is 0 Å². The maximum atomic E-state index is 4.52. The second-order valence-electron chi connectivity index (χ2n) is 6.28. The molecule has 4 heteroatoms. The Balaban J connectivity index is 2.12. The van der Waals surface area contributed by atoms with Crippen molar-refractivity contribution in [3.63, 3.8) is 0 Å². The van der Waals surface area contributed by atoms with E-state index in [1.807, 2.05) is 0 Å². The van der Waals surface area contributed by atoms with Gasteiger partial charge in [-0.3, -0.25) is 0 Å². The molecule has 1 saturated carbocycles. The summed E-state index contributed by atoms with van der Waals surface area (Å²) >= 11 is 0. The van der Waals surface area contributed by atoms with Gasteiger partial charge < -0.3 is 10.6 Å². The lowest BCUT2D eigenvalue weighted by Crippen LogP contribution is -2.21. The van der Waals surface area contributed by atoms with E-state index in [1.165, 1.54) is 37.7 Å². The fourth-order valence-electron chi connectivity index (χ4n) is 3.17. The molecule has 1 aromatic rings. The van der Waals surface area contributed by atoms with Crippen molar-refractivity contribution in [3.8, 4) is 0 Å². The summed E-state index contributed by atoms with van der Waals surface area (Å²) in [6, 6.07) is 0.565. The molecule has 1 aromatic heterocycles. The van der Waals surface area contributed by atoms with Crippen LogP contribution in [0.15, 0.2) is 6.33 Å². The zero-order valence-electron chi connectivity index (χ0n) is 13.8. The summed E-state index contributed by atoms with van der Waals surface area (Å²) in [4.78, 5) is 8.93. The predicted octanol–water partition coefficient (Wildman–Crippen LogP) is 4.24. The molecular formula is C17H30N4. The van der Waals surface area contributed by atoms with Gasteiger partial charge in [0.15, 0.2) is 0 Å². The number of nitrogens with one attached hydrogen (secondary N) is 2. The van der Waals surface area contributed by atoms with E-state index in [2.05, 4.69) is 41.4 Å². The second kappa shape index (κ2) is 8.20. The Kier molecular flexibility index (Phi) is 6.27. The van der Waals surface area contributed by atoms with Gasteiger partial charge >= 0.3 is 0 Å². The molecule has 2 atom stereocenters. The van der Waals surface area contributed by atoms with Crippen LogP contribution in [-0.4, -0.2) is 22.6 Å². The molecule has 1 aliphatic carbocycles. The van der Waals surface area contributed by atoms with E-state index < -0.39 is 0 Å². The number of hydrogen-bond acceptors (Lipinski definition) is 4. The zero-order valence-corrected chi connectivity index (χ0v) is 13.8. The minimum Gasteiger partial charge on any atom is -0.370 e. The number of aromatic nitrogens is 2. The summed E-state index contributed by atoms with van der Waals surface area (Å²) in [5, 5.41) is 7.07. The van der Waals surface area contributed by atoms with E-state index >= 15 is 0 Å². The fraction of sp³-hybridized carbons (Fsp3) is 0.765. The monoisotopic (exact) mass is 290 g/mol. The van der Waals surface area contributed by atoms with Crippen molar-refractivity contribution >= 4 is 11.6 Å². The quantitative estimate of drug-likeness (QED) is 0.769. The van der Waals surface area contributed by atoms with E-state index in [9.17, 15) is 0 Å². The second-order valence-corrected chi connectivity index (χ2v) is 6.28. The molecule has 0 spiro atoms. The molecule has 0 aromatic carbocycles. The van der Waals surface area contributed by atoms with Crippen LogP contribution in [-0.2, 0) is 6.42 Å². The van der Waals surface area contributed by atoms with Gasteiger partial charge in [0, 0.05) is 18.2 Å². The van der Waals surface area contributed by atoms with Crippen LogP contribution in [0, 0.1) is 5.92 Å². The van der Waals surface area contributed by atoms with Crippen LogP contribution >= 0.6 is 0 Å². The summed E-state index contributed by atoms with van der Waals surface area (Å²) in [7, 11) is 0. The molecule has 0 saturated heterocycles. The summed E-state index contributed by atoms with van der Waals surface area (Å²) < 4.78 is 0. The largest absolute Gasteiger partial charge is 0.370 e. The normalized spacial score (nSPS) is 22.6. The van der Waals surface area contributed by atoms with E-state index in [0.717, 1.165) is 36.9 Å². The highest BCUT2D eigenvalue weighted by molar-refractivity contribution is 5.57. The third kappa shape index (κ3) is 4.58. The van der Waals surface area contributed by atoms with Gasteiger partial charge in [0.05, 0.1) is 0 Å². The first-order valence-corrected chi connectivity index (χ1v) is 8.58. The maximum Gasteiger partial charge on any atom is 0.134 e. The molecular weight excluding hydrogens is 260 g/mol. The summed E-state index contributed by atoms with van der Waals surface area (Å²) in [6.07, 6.45) is 10.4. The van der Waals surface area contributed by atoms with E-state index in [4.69, 9.17) is 0 Å². The third-order valence-corrected chi connectivity index (χ3v) is 4.39. The Morgan fingerprint density at radius 3 is 2.67 bits per heavy atom. The average molecular weight is 290 g/mol. The topological polar surface area (TPSA) is 49.8 Å². The van der Waals surface area contributed by atoms with Crippen molar-refractivity contribution in [2.45, 2.75) is 71.8 Å². The molecule has 1 heterocycles. The van der Waals surface area contributed by atoms with Gasteiger partial charge in [-0.1, -0.05) is 33.1 Å². The molecule has 0 bridgehead atoms.